The lowest BCUT2D eigenvalue weighted by molar-refractivity contribution is 1.07. The first-order valence-electron chi connectivity index (χ1n) is 15.8. The van der Waals surface area contributed by atoms with Crippen molar-refractivity contribution in [2.24, 2.45) is 0 Å². The average molecular weight is 519 g/mol. The van der Waals surface area contributed by atoms with Crippen molar-refractivity contribution in [3.63, 3.8) is 0 Å². The van der Waals surface area contributed by atoms with E-state index in [0.717, 1.165) is 27.8 Å². The van der Waals surface area contributed by atoms with Gasteiger partial charge in [0.05, 0.1) is 19.4 Å². The molecule has 40 heavy (non-hydrogen) atoms. The highest BCUT2D eigenvalue weighted by Crippen LogP contribution is 2.30. The van der Waals surface area contributed by atoms with Gasteiger partial charge in [-0.3, -0.25) is 0 Å². The Morgan fingerprint density at radius 2 is 0.900 bits per heavy atom. The van der Waals surface area contributed by atoms with Gasteiger partial charge in [-0.15, -0.1) is 0 Å². The number of hydrogen-bond donors (Lipinski definition) is 0. The van der Waals surface area contributed by atoms with Crippen LogP contribution in [0, 0.1) is 0 Å². The van der Waals surface area contributed by atoms with Gasteiger partial charge in [0.2, 0.25) is 0 Å². The van der Waals surface area contributed by atoms with E-state index in [2.05, 4.69) is 4.98 Å². The maximum atomic E-state index is 8.68. The third-order valence-electron chi connectivity index (χ3n) is 6.49. The predicted octanol–water partition coefficient (Wildman–Crippen LogP) is 8.75. The fourth-order valence-electron chi connectivity index (χ4n) is 4.50. The van der Waals surface area contributed by atoms with Crippen molar-refractivity contribution in [2.75, 3.05) is 0 Å². The molecule has 0 aliphatic rings. The molecule has 2 heterocycles. The van der Waals surface area contributed by atoms with Crippen molar-refractivity contribution in [2.45, 2.75) is 0 Å². The lowest BCUT2D eigenvalue weighted by Gasteiger charge is -2.10. The van der Waals surface area contributed by atoms with Gasteiger partial charge in [-0.2, -0.15) is 0 Å². The van der Waals surface area contributed by atoms with E-state index < -0.39 is 12.1 Å². The number of aromatic nitrogens is 4. The molecule has 0 fully saturated rings. The van der Waals surface area contributed by atoms with E-state index in [9.17, 15) is 0 Å². The maximum Gasteiger partial charge on any atom is 0.164 e. The highest BCUT2D eigenvalue weighted by molar-refractivity contribution is 5.82. The lowest BCUT2D eigenvalue weighted by atomic mass is 9.99. The second-order valence-electron chi connectivity index (χ2n) is 9.13. The number of rotatable bonds is 5. The second-order valence-corrected chi connectivity index (χ2v) is 9.13. The summed E-state index contributed by atoms with van der Waals surface area (Å²) in [6, 6.07) is 32.6. The van der Waals surface area contributed by atoms with E-state index in [4.69, 9.17) is 23.2 Å². The Balaban J connectivity index is 1.33. The summed E-state index contributed by atoms with van der Waals surface area (Å²) in [6.07, 6.45) is 0. The average Bonchev–Trinajstić information content (AvgIpc) is 3.11. The van der Waals surface area contributed by atoms with Gasteiger partial charge in [0.1, 0.15) is 0 Å². The molecule has 0 saturated carbocycles. The molecule has 4 heteroatoms. The van der Waals surface area contributed by atoms with Crippen LogP contribution in [-0.2, 0) is 0 Å². The molecular formula is C36H24N4. The van der Waals surface area contributed by atoms with Gasteiger partial charge in [0, 0.05) is 27.6 Å². The molecule has 5 aromatic carbocycles. The van der Waals surface area contributed by atoms with E-state index >= 15 is 0 Å². The van der Waals surface area contributed by atoms with Crippen molar-refractivity contribution in [3.05, 3.63) is 145 Å². The standard InChI is InChI=1S/C36H24N4/c1-3-12-26(13-4-1)34-38-35(27-14-5-2-6-15-27)40-36(39-34)31-19-10-17-29(24-31)28-16-9-18-30(23-28)33-22-21-25-11-7-8-20-32(25)37-33/h1-24H/i7D,8D,11D,20D,21D,22D. The van der Waals surface area contributed by atoms with Crippen LogP contribution in [0.15, 0.2) is 145 Å². The van der Waals surface area contributed by atoms with Crippen LogP contribution in [0.3, 0.4) is 0 Å². The molecule has 0 saturated heterocycles. The molecule has 0 aliphatic carbocycles. The molecule has 0 spiro atoms. The highest BCUT2D eigenvalue weighted by Gasteiger charge is 2.13. The fraction of sp³-hybridized carbons (Fsp3) is 0. The van der Waals surface area contributed by atoms with Crippen molar-refractivity contribution >= 4 is 10.9 Å². The molecular weight excluding hydrogens is 488 g/mol. The quantitative estimate of drug-likeness (QED) is 0.229. The van der Waals surface area contributed by atoms with Crippen LogP contribution in [0.4, 0.5) is 0 Å². The van der Waals surface area contributed by atoms with Gasteiger partial charge in [0.15, 0.2) is 17.5 Å². The van der Waals surface area contributed by atoms with Crippen LogP contribution in [-0.4, -0.2) is 19.9 Å². The van der Waals surface area contributed by atoms with Gasteiger partial charge < -0.3 is 0 Å². The summed E-state index contributed by atoms with van der Waals surface area (Å²) in [7, 11) is 0. The van der Waals surface area contributed by atoms with Gasteiger partial charge >= 0.3 is 0 Å². The first kappa shape index (κ1) is 17.9. The van der Waals surface area contributed by atoms with Crippen LogP contribution in [0.2, 0.25) is 0 Å². The Kier molecular flexibility index (Phi) is 4.64. The number of pyridine rings is 1. The third-order valence-corrected chi connectivity index (χ3v) is 6.49. The van der Waals surface area contributed by atoms with Crippen LogP contribution in [0.25, 0.3) is 67.5 Å². The molecule has 7 aromatic rings. The van der Waals surface area contributed by atoms with Gasteiger partial charge in [-0.05, 0) is 35.3 Å². The van der Waals surface area contributed by atoms with Gasteiger partial charge in [0.25, 0.3) is 0 Å². The highest BCUT2D eigenvalue weighted by atomic mass is 15.0. The van der Waals surface area contributed by atoms with Crippen molar-refractivity contribution < 1.29 is 8.22 Å². The zero-order valence-electron chi connectivity index (χ0n) is 27.2. The number of benzene rings is 5. The van der Waals surface area contributed by atoms with Crippen molar-refractivity contribution in [1.29, 1.82) is 0 Å². The van der Waals surface area contributed by atoms with Crippen molar-refractivity contribution in [3.8, 4) is 56.5 Å². The minimum Gasteiger partial charge on any atom is -0.248 e. The minimum atomic E-state index is -0.452. The summed E-state index contributed by atoms with van der Waals surface area (Å²) in [5.41, 5.74) is 4.90. The van der Waals surface area contributed by atoms with E-state index in [1.54, 1.807) is 6.07 Å². The van der Waals surface area contributed by atoms with E-state index in [1.807, 2.05) is 103 Å². The Hall–Kier alpha value is -5.48. The molecule has 188 valence electrons. The minimum absolute atomic E-state index is 0.0346. The molecule has 2 aromatic heterocycles. The molecule has 0 unspecified atom stereocenters. The molecule has 0 aliphatic heterocycles. The number of para-hydroxylation sites is 1. The number of fused-ring (bicyclic) bond motifs is 1. The van der Waals surface area contributed by atoms with Crippen LogP contribution >= 0.6 is 0 Å². The normalized spacial score (nSPS) is 13.1. The summed E-state index contributed by atoms with van der Waals surface area (Å²) in [5.74, 6) is 1.64. The summed E-state index contributed by atoms with van der Waals surface area (Å²) in [5, 5.41) is -0.0642. The van der Waals surface area contributed by atoms with Gasteiger partial charge in [-0.1, -0.05) is 121 Å². The summed E-state index contributed by atoms with van der Waals surface area (Å²) < 4.78 is 49.9. The molecule has 0 radical (unpaired) electrons. The summed E-state index contributed by atoms with van der Waals surface area (Å²) >= 11 is 0. The topological polar surface area (TPSA) is 51.6 Å². The Bertz CT molecular complexity index is 2220. The Morgan fingerprint density at radius 1 is 0.400 bits per heavy atom. The van der Waals surface area contributed by atoms with Crippen LogP contribution in [0.5, 0.6) is 0 Å². The Morgan fingerprint density at radius 3 is 1.55 bits per heavy atom. The number of hydrogen-bond acceptors (Lipinski definition) is 4. The maximum absolute atomic E-state index is 8.68. The van der Waals surface area contributed by atoms with E-state index in [1.165, 1.54) is 0 Å². The summed E-state index contributed by atoms with van der Waals surface area (Å²) in [6.45, 7) is 0. The van der Waals surface area contributed by atoms with Crippen LogP contribution < -0.4 is 0 Å². The van der Waals surface area contributed by atoms with E-state index in [0.29, 0.717) is 23.0 Å². The molecule has 0 amide bonds. The molecule has 7 rings (SSSR count). The summed E-state index contributed by atoms with van der Waals surface area (Å²) in [4.78, 5) is 19.0. The largest absolute Gasteiger partial charge is 0.248 e. The first-order valence-corrected chi connectivity index (χ1v) is 12.8. The van der Waals surface area contributed by atoms with Crippen molar-refractivity contribution in [1.82, 2.24) is 19.9 Å². The fourth-order valence-corrected chi connectivity index (χ4v) is 4.50. The smallest absolute Gasteiger partial charge is 0.164 e. The third kappa shape index (κ3) is 4.74. The Labute approximate surface area is 241 Å². The van der Waals surface area contributed by atoms with E-state index in [-0.39, 0.29) is 40.8 Å². The number of nitrogens with zero attached hydrogens (tertiary/aromatic N) is 4. The molecule has 0 bridgehead atoms. The molecule has 0 N–H and O–H groups in total. The monoisotopic (exact) mass is 518 g/mol. The zero-order valence-corrected chi connectivity index (χ0v) is 21.2. The van der Waals surface area contributed by atoms with Crippen LogP contribution in [0.1, 0.15) is 8.22 Å². The first-order chi connectivity index (χ1) is 22.3. The lowest BCUT2D eigenvalue weighted by Crippen LogP contribution is -2.00. The zero-order chi connectivity index (χ0) is 31.9. The second kappa shape index (κ2) is 10.4. The van der Waals surface area contributed by atoms with Gasteiger partial charge in [-0.25, -0.2) is 19.9 Å². The molecule has 4 nitrogen and oxygen atoms in total. The SMILES string of the molecule is [2H]c1c([2H])c([2H])c2c([2H])c([2H])c(-c3cccc(-c4cccc(-c5nc(-c6ccccc6)nc(-c6ccccc6)n5)c4)c3)nc2c1[2H]. The molecule has 0 atom stereocenters. The predicted molar refractivity (Wildman–Crippen MR) is 162 cm³/mol.